The highest BCUT2D eigenvalue weighted by molar-refractivity contribution is 7.90. The molecule has 0 saturated carbocycles. The molecule has 184 valence electrons. The van der Waals surface area contributed by atoms with Gasteiger partial charge in [0, 0.05) is 19.2 Å². The van der Waals surface area contributed by atoms with Gasteiger partial charge in [0.15, 0.2) is 32.9 Å². The monoisotopic (exact) mass is 506 g/mol. The van der Waals surface area contributed by atoms with Crippen molar-refractivity contribution in [3.63, 3.8) is 0 Å². The SMILES string of the molecule is CC(Oc1nc(N2CCC(F)(F)C2)c2nnn(Cc3ccccc3S(C)(=O)=O)c2n1)C(F)(F)F. The van der Waals surface area contributed by atoms with Gasteiger partial charge in [-0.1, -0.05) is 23.4 Å². The van der Waals surface area contributed by atoms with Crippen LogP contribution in [0, 0.1) is 0 Å². The molecule has 1 aromatic carbocycles. The van der Waals surface area contributed by atoms with Crippen LogP contribution in [-0.2, 0) is 16.4 Å². The molecule has 0 amide bonds. The lowest BCUT2D eigenvalue weighted by atomic mass is 10.2. The van der Waals surface area contributed by atoms with Crippen LogP contribution in [0.5, 0.6) is 6.01 Å². The first kappa shape index (κ1) is 24.0. The highest BCUT2D eigenvalue weighted by Gasteiger charge is 2.41. The number of hydrogen-bond donors (Lipinski definition) is 0. The number of sulfone groups is 1. The quantitative estimate of drug-likeness (QED) is 0.471. The lowest BCUT2D eigenvalue weighted by molar-refractivity contribution is -0.190. The molecular weight excluding hydrogens is 487 g/mol. The fourth-order valence-electron chi connectivity index (χ4n) is 3.50. The molecule has 0 aliphatic carbocycles. The Labute approximate surface area is 190 Å². The van der Waals surface area contributed by atoms with Gasteiger partial charge in [-0.05, 0) is 18.6 Å². The Kier molecular flexibility index (Phi) is 5.86. The Morgan fingerprint density at radius 1 is 1.21 bits per heavy atom. The van der Waals surface area contributed by atoms with Crippen molar-refractivity contribution in [2.24, 2.45) is 0 Å². The number of alkyl halides is 5. The van der Waals surface area contributed by atoms with Crippen LogP contribution >= 0.6 is 0 Å². The summed E-state index contributed by atoms with van der Waals surface area (Å²) in [5.74, 6) is -3.16. The zero-order chi connectivity index (χ0) is 24.9. The fourth-order valence-corrected chi connectivity index (χ4v) is 4.44. The number of fused-ring (bicyclic) bond motifs is 1. The van der Waals surface area contributed by atoms with E-state index in [0.717, 1.165) is 17.9 Å². The van der Waals surface area contributed by atoms with Crippen LogP contribution in [0.3, 0.4) is 0 Å². The molecule has 4 rings (SSSR count). The van der Waals surface area contributed by atoms with Crippen molar-refractivity contribution in [2.75, 3.05) is 24.2 Å². The minimum absolute atomic E-state index is 0.0225. The fraction of sp³-hybridized carbons (Fsp3) is 0.474. The first-order chi connectivity index (χ1) is 15.7. The number of benzene rings is 1. The van der Waals surface area contributed by atoms with Crippen molar-refractivity contribution in [2.45, 2.75) is 43.0 Å². The Morgan fingerprint density at radius 3 is 2.53 bits per heavy atom. The van der Waals surface area contributed by atoms with Crippen LogP contribution in [0.25, 0.3) is 11.2 Å². The minimum Gasteiger partial charge on any atom is -0.451 e. The lowest BCUT2D eigenvalue weighted by Crippen LogP contribution is -2.32. The van der Waals surface area contributed by atoms with E-state index in [2.05, 4.69) is 20.3 Å². The standard InChI is InChI=1S/C19H19F5N6O3S/c1-11(19(22,23)24)33-17-25-15(29-8-7-18(20,21)10-29)14-16(26-17)30(28-27-14)9-12-5-3-4-6-13(12)34(2,31)32/h3-6,11H,7-10H2,1-2H3. The molecule has 2 aromatic heterocycles. The van der Waals surface area contributed by atoms with E-state index < -0.39 is 47.0 Å². The Bertz CT molecular complexity index is 1330. The molecule has 1 unspecified atom stereocenters. The van der Waals surface area contributed by atoms with Gasteiger partial charge < -0.3 is 9.64 Å². The molecular formula is C19H19F5N6O3S. The lowest BCUT2D eigenvalue weighted by Gasteiger charge is -2.20. The van der Waals surface area contributed by atoms with E-state index in [1.165, 1.54) is 23.1 Å². The highest BCUT2D eigenvalue weighted by atomic mass is 32.2. The number of hydrogen-bond acceptors (Lipinski definition) is 8. The van der Waals surface area contributed by atoms with Gasteiger partial charge in [-0.2, -0.15) is 23.1 Å². The van der Waals surface area contributed by atoms with Crippen LogP contribution < -0.4 is 9.64 Å². The topological polar surface area (TPSA) is 103 Å². The molecule has 15 heteroatoms. The van der Waals surface area contributed by atoms with E-state index >= 15 is 0 Å². The van der Waals surface area contributed by atoms with Gasteiger partial charge in [0.05, 0.1) is 18.0 Å². The number of anilines is 1. The maximum Gasteiger partial charge on any atom is 0.425 e. The van der Waals surface area contributed by atoms with Crippen molar-refractivity contribution in [1.82, 2.24) is 25.0 Å². The molecule has 0 bridgehead atoms. The summed E-state index contributed by atoms with van der Waals surface area (Å²) in [5, 5.41) is 7.87. The van der Waals surface area contributed by atoms with Crippen LogP contribution in [0.4, 0.5) is 27.8 Å². The number of ether oxygens (including phenoxy) is 1. The summed E-state index contributed by atoms with van der Waals surface area (Å²) in [6.45, 7) is -0.218. The van der Waals surface area contributed by atoms with E-state index in [1.54, 1.807) is 6.07 Å². The zero-order valence-electron chi connectivity index (χ0n) is 17.9. The van der Waals surface area contributed by atoms with Crippen LogP contribution in [0.15, 0.2) is 29.2 Å². The highest BCUT2D eigenvalue weighted by Crippen LogP contribution is 2.34. The third kappa shape index (κ3) is 4.88. The van der Waals surface area contributed by atoms with Crippen molar-refractivity contribution < 1.29 is 35.1 Å². The smallest absolute Gasteiger partial charge is 0.425 e. The summed E-state index contributed by atoms with van der Waals surface area (Å²) in [5.41, 5.74) is 0.213. The maximum atomic E-state index is 13.8. The molecule has 1 fully saturated rings. The summed E-state index contributed by atoms with van der Waals surface area (Å²) >= 11 is 0. The molecule has 0 radical (unpaired) electrons. The van der Waals surface area contributed by atoms with Crippen LogP contribution in [0.1, 0.15) is 18.9 Å². The van der Waals surface area contributed by atoms with Gasteiger partial charge in [-0.3, -0.25) is 0 Å². The second-order valence-electron chi connectivity index (χ2n) is 7.96. The molecule has 0 N–H and O–H groups in total. The normalized spacial score (nSPS) is 17.3. The largest absolute Gasteiger partial charge is 0.451 e. The van der Waals surface area contributed by atoms with E-state index in [-0.39, 0.29) is 35.0 Å². The van der Waals surface area contributed by atoms with Gasteiger partial charge in [0.2, 0.25) is 0 Å². The number of aromatic nitrogens is 5. The first-order valence-corrected chi connectivity index (χ1v) is 11.9. The van der Waals surface area contributed by atoms with Crippen LogP contribution in [0.2, 0.25) is 0 Å². The second-order valence-corrected chi connectivity index (χ2v) is 9.94. The molecule has 0 spiro atoms. The molecule has 3 heterocycles. The number of nitrogens with zero attached hydrogens (tertiary/aromatic N) is 6. The van der Waals surface area contributed by atoms with Gasteiger partial charge in [0.25, 0.3) is 5.92 Å². The summed E-state index contributed by atoms with van der Waals surface area (Å²) in [7, 11) is -3.60. The minimum atomic E-state index is -4.72. The third-order valence-electron chi connectivity index (χ3n) is 5.23. The molecule has 1 aliphatic heterocycles. The van der Waals surface area contributed by atoms with E-state index in [9.17, 15) is 30.4 Å². The summed E-state index contributed by atoms with van der Waals surface area (Å²) < 4.78 is 97.1. The second kappa shape index (κ2) is 8.29. The van der Waals surface area contributed by atoms with E-state index in [0.29, 0.717) is 5.56 Å². The summed E-state index contributed by atoms with van der Waals surface area (Å²) in [6.07, 6.45) is -6.42. The Balaban J connectivity index is 1.81. The summed E-state index contributed by atoms with van der Waals surface area (Å²) in [4.78, 5) is 9.11. The number of rotatable bonds is 6. The summed E-state index contributed by atoms with van der Waals surface area (Å²) in [6, 6.07) is 5.39. The van der Waals surface area contributed by atoms with Gasteiger partial charge >= 0.3 is 12.2 Å². The molecule has 1 aliphatic rings. The average molecular weight is 506 g/mol. The molecule has 1 atom stereocenters. The maximum absolute atomic E-state index is 13.8. The molecule has 9 nitrogen and oxygen atoms in total. The van der Waals surface area contributed by atoms with Crippen molar-refractivity contribution >= 4 is 26.8 Å². The Morgan fingerprint density at radius 2 is 1.91 bits per heavy atom. The molecule has 34 heavy (non-hydrogen) atoms. The van der Waals surface area contributed by atoms with Gasteiger partial charge in [0.1, 0.15) is 0 Å². The van der Waals surface area contributed by atoms with Crippen molar-refractivity contribution in [3.8, 4) is 6.01 Å². The van der Waals surface area contributed by atoms with Crippen molar-refractivity contribution in [1.29, 1.82) is 0 Å². The third-order valence-corrected chi connectivity index (χ3v) is 6.43. The van der Waals surface area contributed by atoms with Gasteiger partial charge in [-0.15, -0.1) is 5.10 Å². The Hall–Kier alpha value is -3.10. The predicted molar refractivity (Wildman–Crippen MR) is 110 cm³/mol. The van der Waals surface area contributed by atoms with Crippen molar-refractivity contribution in [3.05, 3.63) is 29.8 Å². The van der Waals surface area contributed by atoms with E-state index in [1.807, 2.05) is 0 Å². The van der Waals surface area contributed by atoms with Crippen LogP contribution in [-0.4, -0.2) is 70.9 Å². The molecule has 1 saturated heterocycles. The van der Waals surface area contributed by atoms with Gasteiger partial charge in [-0.25, -0.2) is 21.9 Å². The van der Waals surface area contributed by atoms with E-state index in [4.69, 9.17) is 4.74 Å². The molecule has 3 aromatic rings. The number of halogens is 5. The first-order valence-electron chi connectivity index (χ1n) is 10.00. The predicted octanol–water partition coefficient (Wildman–Crippen LogP) is 2.85. The average Bonchev–Trinajstić information content (AvgIpc) is 3.29. The zero-order valence-corrected chi connectivity index (χ0v) is 18.7.